The van der Waals surface area contributed by atoms with Crippen LogP contribution in [0.25, 0.3) is 0 Å². The van der Waals surface area contributed by atoms with Gasteiger partial charge in [-0.05, 0) is 18.2 Å². The van der Waals surface area contributed by atoms with E-state index in [1.165, 1.54) is 12.0 Å². The molecule has 1 saturated heterocycles. The Morgan fingerprint density at radius 1 is 1.50 bits per heavy atom. The third kappa shape index (κ3) is 2.44. The molecule has 0 radical (unpaired) electrons. The SMILES string of the molecule is COC(=O)c1ccc(Cl)cc1N1CC(Cl)CC1=O. The van der Waals surface area contributed by atoms with E-state index in [-0.39, 0.29) is 17.7 Å². The van der Waals surface area contributed by atoms with Gasteiger partial charge in [-0.25, -0.2) is 4.79 Å². The monoisotopic (exact) mass is 287 g/mol. The van der Waals surface area contributed by atoms with Crippen LogP contribution < -0.4 is 4.90 Å². The van der Waals surface area contributed by atoms with Gasteiger partial charge in [0.15, 0.2) is 0 Å². The lowest BCUT2D eigenvalue weighted by Crippen LogP contribution is -2.26. The summed E-state index contributed by atoms with van der Waals surface area (Å²) in [6.45, 7) is 0.366. The number of halogens is 2. The van der Waals surface area contributed by atoms with Crippen LogP contribution in [0, 0.1) is 0 Å². The number of hydrogen-bond donors (Lipinski definition) is 0. The highest BCUT2D eigenvalue weighted by Crippen LogP contribution is 2.30. The molecule has 0 spiro atoms. The Balaban J connectivity index is 2.45. The molecule has 1 heterocycles. The molecule has 2 rings (SSSR count). The zero-order valence-electron chi connectivity index (χ0n) is 9.65. The molecule has 1 aromatic rings. The highest BCUT2D eigenvalue weighted by atomic mass is 35.5. The van der Waals surface area contributed by atoms with Crippen LogP contribution in [0.5, 0.6) is 0 Å². The topological polar surface area (TPSA) is 46.6 Å². The molecule has 18 heavy (non-hydrogen) atoms. The average molecular weight is 288 g/mol. The van der Waals surface area contributed by atoms with Gasteiger partial charge in [0.1, 0.15) is 0 Å². The molecule has 96 valence electrons. The summed E-state index contributed by atoms with van der Waals surface area (Å²) in [7, 11) is 1.29. The number of anilines is 1. The van der Waals surface area contributed by atoms with Gasteiger partial charge >= 0.3 is 5.97 Å². The number of benzene rings is 1. The summed E-state index contributed by atoms with van der Waals surface area (Å²) in [5.41, 5.74) is 0.753. The van der Waals surface area contributed by atoms with Crippen molar-refractivity contribution in [2.45, 2.75) is 11.8 Å². The minimum atomic E-state index is -0.507. The number of nitrogens with zero attached hydrogens (tertiary/aromatic N) is 1. The highest BCUT2D eigenvalue weighted by Gasteiger charge is 2.31. The van der Waals surface area contributed by atoms with E-state index in [2.05, 4.69) is 4.74 Å². The number of amides is 1. The Kier molecular flexibility index (Phi) is 3.78. The van der Waals surface area contributed by atoms with E-state index in [0.29, 0.717) is 22.8 Å². The molecule has 0 aliphatic carbocycles. The number of carbonyl (C=O) groups excluding carboxylic acids is 2. The van der Waals surface area contributed by atoms with Gasteiger partial charge in [-0.15, -0.1) is 11.6 Å². The van der Waals surface area contributed by atoms with Crippen molar-refractivity contribution in [2.75, 3.05) is 18.6 Å². The zero-order chi connectivity index (χ0) is 13.3. The first kappa shape index (κ1) is 13.2. The molecule has 0 saturated carbocycles. The van der Waals surface area contributed by atoms with Crippen molar-refractivity contribution in [3.63, 3.8) is 0 Å². The Bertz CT molecular complexity index is 504. The number of alkyl halides is 1. The summed E-state index contributed by atoms with van der Waals surface area (Å²) in [6, 6.07) is 4.69. The molecular formula is C12H11Cl2NO3. The maximum Gasteiger partial charge on any atom is 0.339 e. The predicted molar refractivity (Wildman–Crippen MR) is 69.4 cm³/mol. The molecule has 6 heteroatoms. The number of esters is 1. The molecule has 0 N–H and O–H groups in total. The summed E-state index contributed by atoms with van der Waals surface area (Å²) >= 11 is 11.8. The normalized spacial score (nSPS) is 19.2. The van der Waals surface area contributed by atoms with Crippen LogP contribution >= 0.6 is 23.2 Å². The third-order valence-corrected chi connectivity index (χ3v) is 3.26. The fraction of sp³-hybridized carbons (Fsp3) is 0.333. The molecule has 1 amide bonds. The van der Waals surface area contributed by atoms with Gasteiger partial charge in [0.05, 0.1) is 23.7 Å². The van der Waals surface area contributed by atoms with Gasteiger partial charge in [0, 0.05) is 18.0 Å². The van der Waals surface area contributed by atoms with Gasteiger partial charge in [-0.1, -0.05) is 11.6 Å². The van der Waals surface area contributed by atoms with E-state index in [4.69, 9.17) is 23.2 Å². The third-order valence-electron chi connectivity index (χ3n) is 2.73. The Labute approximate surface area is 114 Å². The van der Waals surface area contributed by atoms with Crippen LogP contribution in [0.2, 0.25) is 5.02 Å². The highest BCUT2D eigenvalue weighted by molar-refractivity contribution is 6.31. The lowest BCUT2D eigenvalue weighted by molar-refractivity contribution is -0.117. The van der Waals surface area contributed by atoms with E-state index < -0.39 is 5.97 Å². The molecule has 0 aromatic heterocycles. The largest absolute Gasteiger partial charge is 0.465 e. The van der Waals surface area contributed by atoms with Crippen LogP contribution in [-0.4, -0.2) is 30.9 Å². The second-order valence-electron chi connectivity index (χ2n) is 3.96. The van der Waals surface area contributed by atoms with Crippen LogP contribution in [-0.2, 0) is 9.53 Å². The first-order valence-electron chi connectivity index (χ1n) is 5.35. The van der Waals surface area contributed by atoms with Crippen molar-refractivity contribution in [3.8, 4) is 0 Å². The summed E-state index contributed by atoms with van der Waals surface area (Å²) in [5, 5.41) is 0.199. The molecule has 1 fully saturated rings. The number of carbonyl (C=O) groups is 2. The van der Waals surface area contributed by atoms with Gasteiger partial charge in [-0.3, -0.25) is 4.79 Å². The standard InChI is InChI=1S/C12H11Cl2NO3/c1-18-12(17)9-3-2-7(13)4-10(9)15-6-8(14)5-11(15)16/h2-4,8H,5-6H2,1H3. The van der Waals surface area contributed by atoms with Crippen molar-refractivity contribution >= 4 is 40.8 Å². The molecule has 1 unspecified atom stereocenters. The number of methoxy groups -OCH3 is 1. The molecular weight excluding hydrogens is 277 g/mol. The maximum absolute atomic E-state index is 11.8. The molecule has 1 aliphatic heterocycles. The summed E-state index contributed by atoms with van der Waals surface area (Å²) in [5.74, 6) is -0.630. The van der Waals surface area contributed by atoms with E-state index in [1.54, 1.807) is 18.2 Å². The molecule has 1 aromatic carbocycles. The second-order valence-corrected chi connectivity index (χ2v) is 5.01. The van der Waals surface area contributed by atoms with Crippen molar-refractivity contribution in [1.82, 2.24) is 0 Å². The van der Waals surface area contributed by atoms with Gasteiger partial charge in [-0.2, -0.15) is 0 Å². The van der Waals surface area contributed by atoms with Crippen LogP contribution in [0.15, 0.2) is 18.2 Å². The summed E-state index contributed by atoms with van der Waals surface area (Å²) < 4.78 is 4.69. The molecule has 1 atom stereocenters. The summed E-state index contributed by atoms with van der Waals surface area (Å²) in [4.78, 5) is 24.9. The van der Waals surface area contributed by atoms with E-state index >= 15 is 0 Å². The smallest absolute Gasteiger partial charge is 0.339 e. The van der Waals surface area contributed by atoms with Crippen LogP contribution in [0.4, 0.5) is 5.69 Å². The lowest BCUT2D eigenvalue weighted by atomic mass is 10.1. The zero-order valence-corrected chi connectivity index (χ0v) is 11.2. The first-order chi connectivity index (χ1) is 8.52. The van der Waals surface area contributed by atoms with Crippen LogP contribution in [0.1, 0.15) is 16.8 Å². The van der Waals surface area contributed by atoms with Crippen molar-refractivity contribution < 1.29 is 14.3 Å². The van der Waals surface area contributed by atoms with Gasteiger partial charge in [0.2, 0.25) is 5.91 Å². The van der Waals surface area contributed by atoms with Crippen LogP contribution in [0.3, 0.4) is 0 Å². The number of hydrogen-bond acceptors (Lipinski definition) is 3. The quantitative estimate of drug-likeness (QED) is 0.620. The van der Waals surface area contributed by atoms with E-state index in [1.807, 2.05) is 0 Å². The minimum absolute atomic E-state index is 0.123. The van der Waals surface area contributed by atoms with Crippen molar-refractivity contribution in [2.24, 2.45) is 0 Å². The van der Waals surface area contributed by atoms with Gasteiger partial charge < -0.3 is 9.64 Å². The lowest BCUT2D eigenvalue weighted by Gasteiger charge is -2.19. The molecule has 4 nitrogen and oxygen atoms in total. The Morgan fingerprint density at radius 2 is 2.22 bits per heavy atom. The number of rotatable bonds is 2. The maximum atomic E-state index is 11.8. The average Bonchev–Trinajstić information content (AvgIpc) is 2.67. The first-order valence-corrected chi connectivity index (χ1v) is 6.16. The van der Waals surface area contributed by atoms with Crippen molar-refractivity contribution in [1.29, 1.82) is 0 Å². The molecule has 1 aliphatic rings. The Hall–Kier alpha value is -1.26. The second kappa shape index (κ2) is 5.16. The minimum Gasteiger partial charge on any atom is -0.465 e. The van der Waals surface area contributed by atoms with Gasteiger partial charge in [0.25, 0.3) is 0 Å². The van der Waals surface area contributed by atoms with E-state index in [0.717, 1.165) is 0 Å². The molecule has 0 bridgehead atoms. The van der Waals surface area contributed by atoms with Crippen molar-refractivity contribution in [3.05, 3.63) is 28.8 Å². The fourth-order valence-electron chi connectivity index (χ4n) is 1.91. The van der Waals surface area contributed by atoms with E-state index in [9.17, 15) is 9.59 Å². The summed E-state index contributed by atoms with van der Waals surface area (Å²) in [6.07, 6.45) is 0.259. The fourth-order valence-corrected chi connectivity index (χ4v) is 2.34. The Morgan fingerprint density at radius 3 is 2.78 bits per heavy atom. The number of ether oxygens (including phenoxy) is 1. The predicted octanol–water partition coefficient (Wildman–Crippen LogP) is 2.47.